The molecule has 0 unspecified atom stereocenters. The first-order valence-electron chi connectivity index (χ1n) is 7.67. The van der Waals surface area contributed by atoms with Crippen molar-refractivity contribution in [3.63, 3.8) is 0 Å². The third-order valence-corrected chi connectivity index (χ3v) is 4.52. The van der Waals surface area contributed by atoms with E-state index in [2.05, 4.69) is 44.5 Å². The third-order valence-electron chi connectivity index (χ3n) is 4.02. The minimum absolute atomic E-state index is 0.640. The van der Waals surface area contributed by atoms with Gasteiger partial charge in [-0.25, -0.2) is 0 Å². The minimum atomic E-state index is 0.640. The first-order chi connectivity index (χ1) is 9.20. The Morgan fingerprint density at radius 2 is 1.74 bits per heavy atom. The van der Waals surface area contributed by atoms with Gasteiger partial charge in [-0.2, -0.15) is 0 Å². The summed E-state index contributed by atoms with van der Waals surface area (Å²) in [5.74, 6) is 3.75. The molecule has 0 saturated heterocycles. The lowest BCUT2D eigenvalue weighted by molar-refractivity contribution is 0.424. The molecule has 4 heteroatoms. The van der Waals surface area contributed by atoms with Crippen LogP contribution < -0.4 is 0 Å². The zero-order valence-corrected chi connectivity index (χ0v) is 13.8. The Labute approximate surface area is 125 Å². The zero-order valence-electron chi connectivity index (χ0n) is 12.2. The van der Waals surface area contributed by atoms with Crippen LogP contribution >= 0.6 is 15.9 Å². The highest BCUT2D eigenvalue weighted by Crippen LogP contribution is 2.26. The Morgan fingerprint density at radius 3 is 2.32 bits per heavy atom. The molecule has 19 heavy (non-hydrogen) atoms. The van der Waals surface area contributed by atoms with Crippen LogP contribution in [0, 0.1) is 11.8 Å². The molecule has 0 aliphatic heterocycles. The van der Waals surface area contributed by atoms with Gasteiger partial charge in [-0.05, 0) is 11.8 Å². The molecule has 108 valence electrons. The molecule has 1 fully saturated rings. The molecule has 1 aromatic heterocycles. The van der Waals surface area contributed by atoms with Crippen molar-refractivity contribution in [1.82, 2.24) is 14.8 Å². The number of aromatic nitrogens is 3. The molecule has 0 spiro atoms. The van der Waals surface area contributed by atoms with Crippen LogP contribution in [-0.4, -0.2) is 14.8 Å². The predicted octanol–water partition coefficient (Wildman–Crippen LogP) is 4.34. The quantitative estimate of drug-likeness (QED) is 0.594. The molecular weight excluding hydrogens is 302 g/mol. The maximum absolute atomic E-state index is 4.45. The number of hydrogen-bond donors (Lipinski definition) is 0. The topological polar surface area (TPSA) is 30.7 Å². The Balaban J connectivity index is 2.07. The van der Waals surface area contributed by atoms with Gasteiger partial charge in [-0.3, -0.25) is 0 Å². The van der Waals surface area contributed by atoms with Crippen molar-refractivity contribution in [2.24, 2.45) is 11.8 Å². The van der Waals surface area contributed by atoms with Gasteiger partial charge in [-0.15, -0.1) is 10.2 Å². The fraction of sp³-hybridized carbons (Fsp3) is 0.867. The molecule has 0 radical (unpaired) electrons. The second-order valence-corrected chi connectivity index (χ2v) is 6.79. The summed E-state index contributed by atoms with van der Waals surface area (Å²) in [5.41, 5.74) is 0. The van der Waals surface area contributed by atoms with E-state index in [-0.39, 0.29) is 0 Å². The van der Waals surface area contributed by atoms with E-state index in [9.17, 15) is 0 Å². The number of nitrogens with zero attached hydrogens (tertiary/aromatic N) is 3. The van der Waals surface area contributed by atoms with Gasteiger partial charge in [0.1, 0.15) is 11.6 Å². The summed E-state index contributed by atoms with van der Waals surface area (Å²) in [7, 11) is 0. The molecule has 1 aliphatic rings. The van der Waals surface area contributed by atoms with E-state index in [0.29, 0.717) is 5.92 Å². The van der Waals surface area contributed by atoms with Crippen LogP contribution in [0.3, 0.4) is 0 Å². The van der Waals surface area contributed by atoms with Crippen LogP contribution in [0.2, 0.25) is 0 Å². The third kappa shape index (κ3) is 4.30. The van der Waals surface area contributed by atoms with Crippen LogP contribution in [-0.2, 0) is 18.3 Å². The van der Waals surface area contributed by atoms with Crippen molar-refractivity contribution in [3.05, 3.63) is 11.6 Å². The van der Waals surface area contributed by atoms with Crippen molar-refractivity contribution in [1.29, 1.82) is 0 Å². The average Bonchev–Trinajstić information content (AvgIpc) is 2.60. The van der Waals surface area contributed by atoms with Crippen molar-refractivity contribution in [2.45, 2.75) is 70.7 Å². The summed E-state index contributed by atoms with van der Waals surface area (Å²) in [6, 6.07) is 0. The van der Waals surface area contributed by atoms with Gasteiger partial charge in [0.2, 0.25) is 0 Å². The van der Waals surface area contributed by atoms with Crippen molar-refractivity contribution >= 4 is 15.9 Å². The summed E-state index contributed by atoms with van der Waals surface area (Å²) in [4.78, 5) is 0. The molecular formula is C15H26BrN3. The molecule has 0 atom stereocenters. The molecule has 0 bridgehead atoms. The normalized spacial score (nSPS) is 17.9. The van der Waals surface area contributed by atoms with Crippen LogP contribution in [0.1, 0.15) is 64.0 Å². The van der Waals surface area contributed by atoms with E-state index in [4.69, 9.17) is 0 Å². The first kappa shape index (κ1) is 15.0. The van der Waals surface area contributed by atoms with Gasteiger partial charge in [0.05, 0.1) is 5.33 Å². The maximum atomic E-state index is 4.45. The smallest absolute Gasteiger partial charge is 0.143 e. The van der Waals surface area contributed by atoms with Crippen molar-refractivity contribution in [2.75, 3.05) is 0 Å². The standard InChI is InChI=1S/C15H26BrN3/c1-12(2)11-19-14(17-18-15(19)10-16)9-13-7-5-3-4-6-8-13/h12-13H,3-11H2,1-2H3. The van der Waals surface area contributed by atoms with Crippen LogP contribution in [0.15, 0.2) is 0 Å². The second kappa shape index (κ2) is 7.41. The SMILES string of the molecule is CC(C)Cn1c(CBr)nnc1CC1CCCCCC1. The molecule has 1 saturated carbocycles. The summed E-state index contributed by atoms with van der Waals surface area (Å²) < 4.78 is 2.34. The van der Waals surface area contributed by atoms with Crippen LogP contribution in [0.25, 0.3) is 0 Å². The molecule has 0 aromatic carbocycles. The lowest BCUT2D eigenvalue weighted by Gasteiger charge is -2.16. The van der Waals surface area contributed by atoms with E-state index in [1.165, 1.54) is 44.3 Å². The van der Waals surface area contributed by atoms with Gasteiger partial charge >= 0.3 is 0 Å². The average molecular weight is 328 g/mol. The highest BCUT2D eigenvalue weighted by molar-refractivity contribution is 9.08. The number of halogens is 1. The van der Waals surface area contributed by atoms with Gasteiger partial charge in [0, 0.05) is 13.0 Å². The second-order valence-electron chi connectivity index (χ2n) is 6.23. The van der Waals surface area contributed by atoms with Crippen molar-refractivity contribution < 1.29 is 0 Å². The molecule has 1 aliphatic carbocycles. The summed E-state index contributed by atoms with van der Waals surface area (Å²) >= 11 is 3.53. The highest BCUT2D eigenvalue weighted by atomic mass is 79.9. The van der Waals surface area contributed by atoms with Crippen LogP contribution in [0.4, 0.5) is 0 Å². The molecule has 3 nitrogen and oxygen atoms in total. The molecule has 0 N–H and O–H groups in total. The predicted molar refractivity (Wildman–Crippen MR) is 82.4 cm³/mol. The number of hydrogen-bond acceptors (Lipinski definition) is 2. The fourth-order valence-electron chi connectivity index (χ4n) is 3.02. The molecule has 0 amide bonds. The monoisotopic (exact) mass is 327 g/mol. The van der Waals surface area contributed by atoms with Gasteiger partial charge in [0.25, 0.3) is 0 Å². The Kier molecular flexibility index (Phi) is 5.86. The lowest BCUT2D eigenvalue weighted by atomic mass is 9.96. The Bertz CT molecular complexity index is 379. The summed E-state index contributed by atoms with van der Waals surface area (Å²) in [5, 5.41) is 9.59. The molecule has 2 rings (SSSR count). The molecule has 1 heterocycles. The number of alkyl halides is 1. The largest absolute Gasteiger partial charge is 0.314 e. The van der Waals surface area contributed by atoms with Gasteiger partial charge in [0.15, 0.2) is 0 Å². The van der Waals surface area contributed by atoms with Crippen LogP contribution in [0.5, 0.6) is 0 Å². The van der Waals surface area contributed by atoms with E-state index in [1.54, 1.807) is 0 Å². The van der Waals surface area contributed by atoms with Gasteiger partial charge in [-0.1, -0.05) is 68.3 Å². The number of rotatable bonds is 5. The highest BCUT2D eigenvalue weighted by Gasteiger charge is 2.18. The maximum Gasteiger partial charge on any atom is 0.143 e. The van der Waals surface area contributed by atoms with E-state index >= 15 is 0 Å². The van der Waals surface area contributed by atoms with E-state index in [1.807, 2.05) is 0 Å². The first-order valence-corrected chi connectivity index (χ1v) is 8.79. The van der Waals surface area contributed by atoms with E-state index in [0.717, 1.165) is 30.0 Å². The van der Waals surface area contributed by atoms with Crippen molar-refractivity contribution in [3.8, 4) is 0 Å². The zero-order chi connectivity index (χ0) is 13.7. The Morgan fingerprint density at radius 1 is 1.11 bits per heavy atom. The fourth-order valence-corrected chi connectivity index (χ4v) is 3.44. The lowest BCUT2D eigenvalue weighted by Crippen LogP contribution is -2.14. The summed E-state index contributed by atoms with van der Waals surface area (Å²) in [6.07, 6.45) is 9.50. The molecule has 1 aromatic rings. The minimum Gasteiger partial charge on any atom is -0.314 e. The Hall–Kier alpha value is -0.380. The summed E-state index contributed by atoms with van der Waals surface area (Å²) in [6.45, 7) is 5.55. The van der Waals surface area contributed by atoms with E-state index < -0.39 is 0 Å². The van der Waals surface area contributed by atoms with Gasteiger partial charge < -0.3 is 4.57 Å².